The Hall–Kier alpha value is -1.15. The standard InChI is InChI=1S/C36H69NO10/c1-3-5-7-8-9-10-11-12-13-14-15-16-17-18-19-20-21-22-24-29(40)35(45)37-27(31(41)28(39)23-6-4-2)26-46-36-34(44)33(43)32(42)30(25-38)47-36/h14-15,27-34,36,38-44H,3-13,16-26H2,1-2H3,(H,37,45)/b15-14-. The van der Waals surface area contributed by atoms with Crippen molar-refractivity contribution in [3.05, 3.63) is 12.2 Å². The van der Waals surface area contributed by atoms with E-state index in [1.807, 2.05) is 6.92 Å². The van der Waals surface area contributed by atoms with Gasteiger partial charge < -0.3 is 50.5 Å². The minimum Gasteiger partial charge on any atom is -0.394 e. The number of carbonyl (C=O) groups is 1. The van der Waals surface area contributed by atoms with E-state index in [2.05, 4.69) is 24.4 Å². The molecule has 1 fully saturated rings. The number of amides is 1. The van der Waals surface area contributed by atoms with Gasteiger partial charge in [0.1, 0.15) is 36.6 Å². The van der Waals surface area contributed by atoms with Crippen LogP contribution in [-0.4, -0.2) is 110 Å². The first-order valence-electron chi connectivity index (χ1n) is 18.6. The third kappa shape index (κ3) is 19.0. The molecule has 11 heteroatoms. The van der Waals surface area contributed by atoms with Gasteiger partial charge in [-0.15, -0.1) is 0 Å². The predicted molar refractivity (Wildman–Crippen MR) is 182 cm³/mol. The van der Waals surface area contributed by atoms with Gasteiger partial charge in [0, 0.05) is 0 Å². The molecule has 1 aliphatic rings. The molecule has 1 saturated heterocycles. The summed E-state index contributed by atoms with van der Waals surface area (Å²) in [7, 11) is 0. The van der Waals surface area contributed by atoms with Crippen LogP contribution in [0.5, 0.6) is 0 Å². The number of aliphatic hydroxyl groups is 7. The summed E-state index contributed by atoms with van der Waals surface area (Å²) in [5.74, 6) is -0.715. The number of aliphatic hydroxyl groups excluding tert-OH is 7. The van der Waals surface area contributed by atoms with Crippen molar-refractivity contribution in [1.82, 2.24) is 5.32 Å². The fourth-order valence-corrected chi connectivity index (χ4v) is 5.83. The lowest BCUT2D eigenvalue weighted by molar-refractivity contribution is -0.303. The maximum atomic E-state index is 12.8. The van der Waals surface area contributed by atoms with Gasteiger partial charge >= 0.3 is 0 Å². The molecule has 0 aromatic rings. The van der Waals surface area contributed by atoms with Gasteiger partial charge in [-0.1, -0.05) is 116 Å². The SMILES string of the molecule is CCCCCCCCCC/C=C\CCCCCCCCC(O)C(=O)NC(COC1OC(CO)C(O)C(O)C1O)C(O)C(O)CCCC. The zero-order chi connectivity index (χ0) is 34.9. The minimum absolute atomic E-state index is 0.252. The summed E-state index contributed by atoms with van der Waals surface area (Å²) in [6, 6.07) is -1.16. The summed E-state index contributed by atoms with van der Waals surface area (Å²) >= 11 is 0. The van der Waals surface area contributed by atoms with Crippen LogP contribution < -0.4 is 5.32 Å². The Kier molecular flexibility index (Phi) is 25.8. The second kappa shape index (κ2) is 27.6. The second-order valence-electron chi connectivity index (χ2n) is 13.3. The largest absolute Gasteiger partial charge is 0.394 e. The Balaban J connectivity index is 2.34. The lowest BCUT2D eigenvalue weighted by Gasteiger charge is -2.40. The molecule has 47 heavy (non-hydrogen) atoms. The van der Waals surface area contributed by atoms with E-state index in [9.17, 15) is 40.5 Å². The predicted octanol–water partition coefficient (Wildman–Crippen LogP) is 3.77. The molecule has 9 unspecified atom stereocenters. The fraction of sp³-hybridized carbons (Fsp3) is 0.917. The highest BCUT2D eigenvalue weighted by Gasteiger charge is 2.44. The Morgan fingerprint density at radius 2 is 1.26 bits per heavy atom. The first-order chi connectivity index (χ1) is 22.7. The van der Waals surface area contributed by atoms with Crippen molar-refractivity contribution in [2.75, 3.05) is 13.2 Å². The Morgan fingerprint density at radius 1 is 0.723 bits per heavy atom. The molecule has 0 aliphatic carbocycles. The smallest absolute Gasteiger partial charge is 0.249 e. The first-order valence-corrected chi connectivity index (χ1v) is 18.6. The summed E-state index contributed by atoms with van der Waals surface area (Å²) in [5, 5.41) is 74.0. The maximum absolute atomic E-state index is 12.8. The number of hydrogen-bond acceptors (Lipinski definition) is 10. The molecule has 8 N–H and O–H groups in total. The molecule has 1 heterocycles. The maximum Gasteiger partial charge on any atom is 0.249 e. The molecule has 278 valence electrons. The van der Waals surface area contributed by atoms with Crippen molar-refractivity contribution >= 4 is 5.91 Å². The molecule has 11 nitrogen and oxygen atoms in total. The van der Waals surface area contributed by atoms with Crippen molar-refractivity contribution in [1.29, 1.82) is 0 Å². The molecule has 0 radical (unpaired) electrons. The van der Waals surface area contributed by atoms with Gasteiger partial charge in [-0.05, 0) is 38.5 Å². The molecule has 0 saturated carbocycles. The zero-order valence-electron chi connectivity index (χ0n) is 29.3. The van der Waals surface area contributed by atoms with E-state index in [1.165, 1.54) is 57.8 Å². The lowest BCUT2D eigenvalue weighted by atomic mass is 9.99. The first kappa shape index (κ1) is 43.9. The van der Waals surface area contributed by atoms with Gasteiger partial charge in [0.2, 0.25) is 5.91 Å². The normalized spacial score (nSPS) is 24.3. The number of ether oxygens (including phenoxy) is 2. The van der Waals surface area contributed by atoms with Gasteiger partial charge in [0.05, 0.1) is 25.4 Å². The highest BCUT2D eigenvalue weighted by Crippen LogP contribution is 2.23. The van der Waals surface area contributed by atoms with Crippen molar-refractivity contribution in [2.45, 2.75) is 197 Å². The highest BCUT2D eigenvalue weighted by atomic mass is 16.7. The molecule has 1 aliphatic heterocycles. The number of unbranched alkanes of at least 4 members (excludes halogenated alkanes) is 15. The number of nitrogens with one attached hydrogen (secondary N) is 1. The minimum atomic E-state index is -1.65. The number of hydrogen-bond donors (Lipinski definition) is 8. The van der Waals surface area contributed by atoms with Crippen molar-refractivity contribution < 1.29 is 50.0 Å². The summed E-state index contributed by atoms with van der Waals surface area (Å²) in [4.78, 5) is 12.8. The number of carbonyl (C=O) groups excluding carboxylic acids is 1. The van der Waals surface area contributed by atoms with E-state index < -0.39 is 74.2 Å². The van der Waals surface area contributed by atoms with Crippen LogP contribution in [0.25, 0.3) is 0 Å². The second-order valence-corrected chi connectivity index (χ2v) is 13.3. The van der Waals surface area contributed by atoms with E-state index in [0.717, 1.165) is 44.9 Å². The third-order valence-electron chi connectivity index (χ3n) is 9.07. The third-order valence-corrected chi connectivity index (χ3v) is 9.07. The monoisotopic (exact) mass is 675 g/mol. The Morgan fingerprint density at radius 3 is 1.81 bits per heavy atom. The van der Waals surface area contributed by atoms with E-state index in [0.29, 0.717) is 12.8 Å². The summed E-state index contributed by atoms with van der Waals surface area (Å²) in [5.41, 5.74) is 0. The highest BCUT2D eigenvalue weighted by molar-refractivity contribution is 5.80. The zero-order valence-corrected chi connectivity index (χ0v) is 29.3. The van der Waals surface area contributed by atoms with Crippen LogP contribution in [0, 0.1) is 0 Å². The van der Waals surface area contributed by atoms with Gasteiger partial charge in [-0.3, -0.25) is 4.79 Å². The van der Waals surface area contributed by atoms with E-state index >= 15 is 0 Å². The van der Waals surface area contributed by atoms with Crippen LogP contribution in [0.15, 0.2) is 12.2 Å². The van der Waals surface area contributed by atoms with Crippen LogP contribution in [0.4, 0.5) is 0 Å². The molecule has 1 rings (SSSR count). The van der Waals surface area contributed by atoms with Gasteiger partial charge in [0.15, 0.2) is 6.29 Å². The van der Waals surface area contributed by atoms with Crippen LogP contribution in [0.3, 0.4) is 0 Å². The molecule has 0 spiro atoms. The van der Waals surface area contributed by atoms with Gasteiger partial charge in [-0.25, -0.2) is 0 Å². The van der Waals surface area contributed by atoms with Crippen LogP contribution >= 0.6 is 0 Å². The van der Waals surface area contributed by atoms with Gasteiger partial charge in [-0.2, -0.15) is 0 Å². The summed E-state index contributed by atoms with van der Waals surface area (Å²) in [6.07, 6.45) is 14.2. The quantitative estimate of drug-likeness (QED) is 0.0428. The van der Waals surface area contributed by atoms with Crippen LogP contribution in [0.1, 0.15) is 142 Å². The van der Waals surface area contributed by atoms with Crippen LogP contribution in [0.2, 0.25) is 0 Å². The Bertz CT molecular complexity index is 785. The topological polar surface area (TPSA) is 189 Å². The van der Waals surface area contributed by atoms with Crippen LogP contribution in [-0.2, 0) is 14.3 Å². The van der Waals surface area contributed by atoms with E-state index in [4.69, 9.17) is 9.47 Å². The summed E-state index contributed by atoms with van der Waals surface area (Å²) in [6.45, 7) is 3.13. The molecular formula is C36H69NO10. The summed E-state index contributed by atoms with van der Waals surface area (Å²) < 4.78 is 10.9. The average molecular weight is 676 g/mol. The fourth-order valence-electron chi connectivity index (χ4n) is 5.83. The molecule has 0 aromatic heterocycles. The van der Waals surface area contributed by atoms with Crippen molar-refractivity contribution in [2.24, 2.45) is 0 Å². The average Bonchev–Trinajstić information content (AvgIpc) is 3.07. The Labute approximate surface area is 283 Å². The lowest BCUT2D eigenvalue weighted by Crippen LogP contribution is -2.60. The van der Waals surface area contributed by atoms with Gasteiger partial charge in [0.25, 0.3) is 0 Å². The van der Waals surface area contributed by atoms with E-state index in [-0.39, 0.29) is 12.8 Å². The number of rotatable bonds is 29. The molecule has 9 atom stereocenters. The molecule has 0 bridgehead atoms. The molecule has 1 amide bonds. The van der Waals surface area contributed by atoms with E-state index in [1.54, 1.807) is 0 Å². The van der Waals surface area contributed by atoms with Crippen molar-refractivity contribution in [3.8, 4) is 0 Å². The van der Waals surface area contributed by atoms with Crippen molar-refractivity contribution in [3.63, 3.8) is 0 Å². The molecular weight excluding hydrogens is 606 g/mol. The number of allylic oxidation sites excluding steroid dienone is 2. The molecule has 0 aromatic carbocycles.